The Morgan fingerprint density at radius 2 is 2.37 bits per heavy atom. The summed E-state index contributed by atoms with van der Waals surface area (Å²) >= 11 is 0. The predicted octanol–water partition coefficient (Wildman–Crippen LogP) is 0.468. The molecule has 1 aromatic heterocycles. The van der Waals surface area contributed by atoms with E-state index in [1.54, 1.807) is 12.4 Å². The van der Waals surface area contributed by atoms with Gasteiger partial charge in [0, 0.05) is 31.4 Å². The van der Waals surface area contributed by atoms with Crippen molar-refractivity contribution in [3.05, 3.63) is 18.2 Å². The number of amides is 2. The summed E-state index contributed by atoms with van der Waals surface area (Å²) in [6, 6.07) is -0.395. The van der Waals surface area contributed by atoms with Crippen molar-refractivity contribution < 1.29 is 9.59 Å². The monoisotopic (exact) mass is 264 g/mol. The van der Waals surface area contributed by atoms with Crippen molar-refractivity contribution in [2.75, 3.05) is 6.54 Å². The van der Waals surface area contributed by atoms with Gasteiger partial charge in [-0.1, -0.05) is 6.92 Å². The third-order valence-electron chi connectivity index (χ3n) is 3.52. The van der Waals surface area contributed by atoms with Gasteiger partial charge in [-0.05, 0) is 13.3 Å². The number of aromatic nitrogens is 2. The maximum Gasteiger partial charge on any atom is 0.247 e. The molecule has 1 aliphatic heterocycles. The summed E-state index contributed by atoms with van der Waals surface area (Å²) in [4.78, 5) is 32.5. The molecule has 1 saturated heterocycles. The Balaban J connectivity index is 1.85. The van der Waals surface area contributed by atoms with Crippen LogP contribution in [0.25, 0.3) is 0 Å². The first-order valence-corrected chi connectivity index (χ1v) is 6.71. The molecule has 2 N–H and O–H groups in total. The molecule has 2 unspecified atom stereocenters. The number of imide groups is 1. The zero-order valence-corrected chi connectivity index (χ0v) is 11.3. The number of nitrogens with zero attached hydrogens (tertiary/aromatic N) is 2. The van der Waals surface area contributed by atoms with Crippen LogP contribution in [-0.2, 0) is 16.0 Å². The Morgan fingerprint density at radius 3 is 3.00 bits per heavy atom. The molecule has 0 radical (unpaired) electrons. The van der Waals surface area contributed by atoms with Gasteiger partial charge >= 0.3 is 0 Å². The fraction of sp³-hybridized carbons (Fsp3) is 0.615. The van der Waals surface area contributed by atoms with Crippen molar-refractivity contribution in [1.29, 1.82) is 0 Å². The van der Waals surface area contributed by atoms with Gasteiger partial charge in [-0.15, -0.1) is 0 Å². The maximum atomic E-state index is 12.1. The lowest BCUT2D eigenvalue weighted by atomic mass is 10.2. The Labute approximate surface area is 112 Å². The Morgan fingerprint density at radius 1 is 1.58 bits per heavy atom. The molecule has 19 heavy (non-hydrogen) atoms. The number of nitrogens with one attached hydrogen (secondary N) is 2. The second-order valence-corrected chi connectivity index (χ2v) is 4.86. The molecular formula is C13H20N4O2. The Kier molecular flexibility index (Phi) is 4.31. The largest absolute Gasteiger partial charge is 0.349 e. The molecule has 2 amide bonds. The lowest BCUT2D eigenvalue weighted by Gasteiger charge is -2.21. The van der Waals surface area contributed by atoms with Crippen LogP contribution in [0.2, 0.25) is 0 Å². The summed E-state index contributed by atoms with van der Waals surface area (Å²) < 4.78 is 0. The minimum atomic E-state index is -0.378. The van der Waals surface area contributed by atoms with E-state index in [2.05, 4.69) is 15.3 Å². The van der Waals surface area contributed by atoms with E-state index in [0.29, 0.717) is 13.0 Å². The highest BCUT2D eigenvalue weighted by molar-refractivity contribution is 6.05. The highest BCUT2D eigenvalue weighted by atomic mass is 16.2. The second kappa shape index (κ2) is 5.97. The van der Waals surface area contributed by atoms with Crippen molar-refractivity contribution in [1.82, 2.24) is 20.2 Å². The predicted molar refractivity (Wildman–Crippen MR) is 70.3 cm³/mol. The van der Waals surface area contributed by atoms with Gasteiger partial charge in [0.05, 0.1) is 12.5 Å². The number of aromatic amines is 1. The number of carbonyl (C=O) groups excluding carboxylic acids is 2. The van der Waals surface area contributed by atoms with Gasteiger partial charge < -0.3 is 10.3 Å². The fourth-order valence-electron chi connectivity index (χ4n) is 2.26. The van der Waals surface area contributed by atoms with Crippen LogP contribution in [0, 0.1) is 0 Å². The van der Waals surface area contributed by atoms with Crippen molar-refractivity contribution in [3.8, 4) is 0 Å². The van der Waals surface area contributed by atoms with E-state index in [0.717, 1.165) is 12.2 Å². The lowest BCUT2D eigenvalue weighted by Crippen LogP contribution is -2.43. The highest BCUT2D eigenvalue weighted by Crippen LogP contribution is 2.17. The molecule has 2 atom stereocenters. The normalized spacial score (nSPS) is 21.2. The molecule has 2 rings (SSSR count). The number of H-pyrrole nitrogens is 1. The van der Waals surface area contributed by atoms with Gasteiger partial charge in [0.15, 0.2) is 0 Å². The van der Waals surface area contributed by atoms with E-state index in [-0.39, 0.29) is 30.3 Å². The molecule has 0 saturated carbocycles. The van der Waals surface area contributed by atoms with Crippen LogP contribution in [0.3, 0.4) is 0 Å². The summed E-state index contributed by atoms with van der Waals surface area (Å²) in [7, 11) is 0. The topological polar surface area (TPSA) is 78.1 Å². The molecule has 1 aliphatic rings. The Hall–Kier alpha value is -1.69. The smallest absolute Gasteiger partial charge is 0.247 e. The summed E-state index contributed by atoms with van der Waals surface area (Å²) in [5.74, 6) is 0.705. The summed E-state index contributed by atoms with van der Waals surface area (Å²) in [5.41, 5.74) is 0. The number of imidazole rings is 1. The van der Waals surface area contributed by atoms with Gasteiger partial charge in [0.1, 0.15) is 5.82 Å². The second-order valence-electron chi connectivity index (χ2n) is 4.86. The first-order valence-electron chi connectivity index (χ1n) is 6.71. The molecule has 0 aliphatic carbocycles. The van der Waals surface area contributed by atoms with Gasteiger partial charge in [0.2, 0.25) is 11.8 Å². The lowest BCUT2D eigenvalue weighted by molar-refractivity contribution is -0.141. The van der Waals surface area contributed by atoms with Gasteiger partial charge in [-0.25, -0.2) is 4.98 Å². The minimum Gasteiger partial charge on any atom is -0.349 e. The molecule has 0 spiro atoms. The third-order valence-corrected chi connectivity index (χ3v) is 3.52. The molecule has 0 bridgehead atoms. The zero-order valence-electron chi connectivity index (χ0n) is 11.3. The number of carbonyl (C=O) groups is 2. The number of hydrogen-bond acceptors (Lipinski definition) is 4. The van der Waals surface area contributed by atoms with E-state index in [9.17, 15) is 9.59 Å². The van der Waals surface area contributed by atoms with Crippen LogP contribution in [0.5, 0.6) is 0 Å². The molecule has 104 valence electrons. The molecular weight excluding hydrogens is 244 g/mol. The summed E-state index contributed by atoms with van der Waals surface area (Å²) in [6.45, 7) is 4.51. The van der Waals surface area contributed by atoms with Crippen molar-refractivity contribution in [2.45, 2.75) is 45.2 Å². The van der Waals surface area contributed by atoms with Crippen molar-refractivity contribution >= 4 is 11.8 Å². The van der Waals surface area contributed by atoms with E-state index >= 15 is 0 Å². The molecule has 0 aromatic carbocycles. The minimum absolute atomic E-state index is 0.0168. The first-order chi connectivity index (χ1) is 9.13. The van der Waals surface area contributed by atoms with E-state index in [1.165, 1.54) is 4.90 Å². The molecule has 2 heterocycles. The summed E-state index contributed by atoms with van der Waals surface area (Å²) in [5, 5.41) is 3.14. The molecule has 6 nitrogen and oxygen atoms in total. The zero-order chi connectivity index (χ0) is 13.8. The van der Waals surface area contributed by atoms with E-state index in [4.69, 9.17) is 0 Å². The van der Waals surface area contributed by atoms with E-state index in [1.807, 2.05) is 13.8 Å². The maximum absolute atomic E-state index is 12.1. The fourth-order valence-corrected chi connectivity index (χ4v) is 2.26. The first kappa shape index (κ1) is 13.7. The highest BCUT2D eigenvalue weighted by Gasteiger charge is 2.40. The van der Waals surface area contributed by atoms with Crippen LogP contribution >= 0.6 is 0 Å². The van der Waals surface area contributed by atoms with Crippen LogP contribution < -0.4 is 5.32 Å². The SMILES string of the molecule is CCC(C)N1C(=O)CC(NCCc2ncc[nH]2)C1=O. The molecule has 1 aromatic rings. The Bertz CT molecular complexity index is 444. The van der Waals surface area contributed by atoms with Gasteiger partial charge in [0.25, 0.3) is 0 Å². The third kappa shape index (κ3) is 3.01. The molecule has 1 fully saturated rings. The number of hydrogen-bond donors (Lipinski definition) is 2. The van der Waals surface area contributed by atoms with Crippen LogP contribution in [-0.4, -0.2) is 45.3 Å². The van der Waals surface area contributed by atoms with Gasteiger partial charge in [-0.3, -0.25) is 14.5 Å². The average Bonchev–Trinajstić information content (AvgIpc) is 2.98. The van der Waals surface area contributed by atoms with Gasteiger partial charge in [-0.2, -0.15) is 0 Å². The van der Waals surface area contributed by atoms with Crippen LogP contribution in [0.4, 0.5) is 0 Å². The number of rotatable bonds is 6. The quantitative estimate of drug-likeness (QED) is 0.732. The standard InChI is InChI=1S/C13H20N4O2/c1-3-9(2)17-12(18)8-10(13(17)19)14-5-4-11-15-6-7-16-11/h6-7,9-10,14H,3-5,8H2,1-2H3,(H,15,16). The van der Waals surface area contributed by atoms with Crippen LogP contribution in [0.15, 0.2) is 12.4 Å². The summed E-state index contributed by atoms with van der Waals surface area (Å²) in [6.07, 6.45) is 5.24. The van der Waals surface area contributed by atoms with Crippen LogP contribution in [0.1, 0.15) is 32.5 Å². The van der Waals surface area contributed by atoms with Crippen molar-refractivity contribution in [3.63, 3.8) is 0 Å². The molecule has 6 heteroatoms. The average molecular weight is 264 g/mol. The number of likely N-dealkylation sites (tertiary alicyclic amines) is 1. The van der Waals surface area contributed by atoms with Crippen molar-refractivity contribution in [2.24, 2.45) is 0 Å². The van der Waals surface area contributed by atoms with E-state index < -0.39 is 0 Å².